The zero-order chi connectivity index (χ0) is 11.5. The summed E-state index contributed by atoms with van der Waals surface area (Å²) in [5, 5.41) is 0. The van der Waals surface area contributed by atoms with Crippen LogP contribution in [0.4, 0.5) is 6.01 Å². The van der Waals surface area contributed by atoms with E-state index in [0.29, 0.717) is 6.54 Å². The topological polar surface area (TPSA) is 55.3 Å². The molecule has 1 aromatic heterocycles. The molecule has 90 valence electrons. The maximum Gasteiger partial charge on any atom is 0.297 e. The van der Waals surface area contributed by atoms with Gasteiger partial charge in [0.2, 0.25) is 0 Å². The number of oxazole rings is 1. The molecule has 1 aliphatic rings. The Morgan fingerprint density at radius 2 is 2.19 bits per heavy atom. The molecule has 0 bridgehead atoms. The van der Waals surface area contributed by atoms with Gasteiger partial charge in [0.1, 0.15) is 6.26 Å². The number of piperidine rings is 1. The lowest BCUT2D eigenvalue weighted by molar-refractivity contribution is 0.304. The summed E-state index contributed by atoms with van der Waals surface area (Å²) in [5.41, 5.74) is 6.35. The van der Waals surface area contributed by atoms with Gasteiger partial charge in [-0.25, -0.2) is 0 Å². The van der Waals surface area contributed by atoms with Crippen LogP contribution in [0.15, 0.2) is 10.7 Å². The molecule has 0 saturated carbocycles. The lowest BCUT2D eigenvalue weighted by atomic mass is 9.87. The van der Waals surface area contributed by atoms with E-state index >= 15 is 0 Å². The third-order valence-corrected chi connectivity index (χ3v) is 3.50. The Labute approximate surface area is 96.8 Å². The lowest BCUT2D eigenvalue weighted by Gasteiger charge is -2.32. The van der Waals surface area contributed by atoms with Crippen molar-refractivity contribution in [1.82, 2.24) is 4.98 Å². The number of anilines is 1. The van der Waals surface area contributed by atoms with Gasteiger partial charge >= 0.3 is 0 Å². The molecule has 4 nitrogen and oxygen atoms in total. The van der Waals surface area contributed by atoms with Crippen molar-refractivity contribution in [1.29, 1.82) is 0 Å². The molecule has 0 atom stereocenters. The van der Waals surface area contributed by atoms with E-state index in [1.807, 2.05) is 0 Å². The monoisotopic (exact) mass is 223 g/mol. The van der Waals surface area contributed by atoms with Crippen LogP contribution in [-0.2, 0) is 6.54 Å². The summed E-state index contributed by atoms with van der Waals surface area (Å²) in [4.78, 5) is 6.58. The van der Waals surface area contributed by atoms with Gasteiger partial charge in [0.25, 0.3) is 6.01 Å². The normalized spacial score (nSPS) is 18.4. The number of nitrogens with zero attached hydrogens (tertiary/aromatic N) is 2. The molecule has 1 aromatic rings. The average molecular weight is 223 g/mol. The highest BCUT2D eigenvalue weighted by atomic mass is 16.4. The predicted octanol–water partition coefficient (Wildman–Crippen LogP) is 2.01. The molecule has 1 fully saturated rings. The first-order valence-electron chi connectivity index (χ1n) is 6.10. The maximum absolute atomic E-state index is 5.51. The Balaban J connectivity index is 1.93. The van der Waals surface area contributed by atoms with Crippen LogP contribution in [0.1, 0.15) is 32.4 Å². The fraction of sp³-hybridized carbons (Fsp3) is 0.750. The van der Waals surface area contributed by atoms with Crippen molar-refractivity contribution in [3.8, 4) is 0 Å². The summed E-state index contributed by atoms with van der Waals surface area (Å²) in [6, 6.07) is 0.739. The molecular formula is C12H21N3O. The zero-order valence-electron chi connectivity index (χ0n) is 10.1. The molecule has 1 aliphatic heterocycles. The standard InChI is InChI=1S/C12H21N3O/c1-9(2)10-3-5-15(6-4-10)12-14-11(7-13)8-16-12/h8-10H,3-7,13H2,1-2H3. The number of aromatic nitrogens is 1. The zero-order valence-corrected chi connectivity index (χ0v) is 10.1. The second-order valence-corrected chi connectivity index (χ2v) is 4.89. The molecule has 0 radical (unpaired) electrons. The van der Waals surface area contributed by atoms with E-state index in [4.69, 9.17) is 10.2 Å². The minimum atomic E-state index is 0.450. The maximum atomic E-state index is 5.51. The van der Waals surface area contributed by atoms with Crippen molar-refractivity contribution in [2.24, 2.45) is 17.6 Å². The van der Waals surface area contributed by atoms with Gasteiger partial charge in [-0.1, -0.05) is 13.8 Å². The Bertz CT molecular complexity index is 327. The largest absolute Gasteiger partial charge is 0.432 e. The van der Waals surface area contributed by atoms with Gasteiger partial charge in [0.05, 0.1) is 5.69 Å². The Kier molecular flexibility index (Phi) is 3.49. The van der Waals surface area contributed by atoms with Gasteiger partial charge in [-0.3, -0.25) is 0 Å². The Morgan fingerprint density at radius 1 is 1.50 bits per heavy atom. The lowest BCUT2D eigenvalue weighted by Crippen LogP contribution is -2.35. The van der Waals surface area contributed by atoms with E-state index in [0.717, 1.165) is 36.6 Å². The highest BCUT2D eigenvalue weighted by molar-refractivity contribution is 5.27. The van der Waals surface area contributed by atoms with E-state index < -0.39 is 0 Å². The van der Waals surface area contributed by atoms with Crippen LogP contribution in [0.2, 0.25) is 0 Å². The molecule has 16 heavy (non-hydrogen) atoms. The number of nitrogens with two attached hydrogens (primary N) is 1. The van der Waals surface area contributed by atoms with E-state index in [1.54, 1.807) is 6.26 Å². The van der Waals surface area contributed by atoms with Gasteiger partial charge in [-0.2, -0.15) is 4.98 Å². The molecule has 0 aliphatic carbocycles. The summed E-state index contributed by atoms with van der Waals surface area (Å²) in [5.74, 6) is 1.63. The molecule has 2 heterocycles. The smallest absolute Gasteiger partial charge is 0.297 e. The van der Waals surface area contributed by atoms with Crippen LogP contribution < -0.4 is 10.6 Å². The van der Waals surface area contributed by atoms with Crippen LogP contribution in [0, 0.1) is 11.8 Å². The van der Waals surface area contributed by atoms with E-state index in [9.17, 15) is 0 Å². The van der Waals surface area contributed by atoms with Crippen molar-refractivity contribution in [3.63, 3.8) is 0 Å². The number of hydrogen-bond donors (Lipinski definition) is 1. The fourth-order valence-electron chi connectivity index (χ4n) is 2.29. The van der Waals surface area contributed by atoms with Gasteiger partial charge in [-0.15, -0.1) is 0 Å². The summed E-state index contributed by atoms with van der Waals surface area (Å²) in [7, 11) is 0. The molecule has 0 aromatic carbocycles. The van der Waals surface area contributed by atoms with Crippen molar-refractivity contribution in [2.45, 2.75) is 33.2 Å². The summed E-state index contributed by atoms with van der Waals surface area (Å²) < 4.78 is 5.43. The molecule has 1 saturated heterocycles. The molecule has 2 N–H and O–H groups in total. The third kappa shape index (κ3) is 2.38. The Hall–Kier alpha value is -1.03. The summed E-state index contributed by atoms with van der Waals surface area (Å²) in [6.45, 7) is 7.16. The van der Waals surface area contributed by atoms with Gasteiger partial charge in [0.15, 0.2) is 0 Å². The third-order valence-electron chi connectivity index (χ3n) is 3.50. The van der Waals surface area contributed by atoms with Crippen LogP contribution in [0.5, 0.6) is 0 Å². The first kappa shape index (κ1) is 11.5. The van der Waals surface area contributed by atoms with E-state index in [2.05, 4.69) is 23.7 Å². The average Bonchev–Trinajstić information content (AvgIpc) is 2.77. The molecule has 0 spiro atoms. The molecule has 4 heteroatoms. The minimum Gasteiger partial charge on any atom is -0.432 e. The molecule has 0 unspecified atom stereocenters. The van der Waals surface area contributed by atoms with Crippen molar-refractivity contribution in [3.05, 3.63) is 12.0 Å². The van der Waals surface area contributed by atoms with Crippen LogP contribution in [-0.4, -0.2) is 18.1 Å². The summed E-state index contributed by atoms with van der Waals surface area (Å²) >= 11 is 0. The SMILES string of the molecule is CC(C)C1CCN(c2nc(CN)co2)CC1. The van der Waals surface area contributed by atoms with Gasteiger partial charge in [0, 0.05) is 19.6 Å². The first-order chi connectivity index (χ1) is 7.70. The predicted molar refractivity (Wildman–Crippen MR) is 64.2 cm³/mol. The fourth-order valence-corrected chi connectivity index (χ4v) is 2.29. The first-order valence-corrected chi connectivity index (χ1v) is 6.10. The highest BCUT2D eigenvalue weighted by Gasteiger charge is 2.23. The van der Waals surface area contributed by atoms with Crippen LogP contribution in [0.25, 0.3) is 0 Å². The second-order valence-electron chi connectivity index (χ2n) is 4.89. The second kappa shape index (κ2) is 4.87. The van der Waals surface area contributed by atoms with Crippen LogP contribution >= 0.6 is 0 Å². The minimum absolute atomic E-state index is 0.450. The van der Waals surface area contributed by atoms with E-state index in [-0.39, 0.29) is 0 Å². The van der Waals surface area contributed by atoms with Crippen molar-refractivity contribution < 1.29 is 4.42 Å². The molecule has 2 rings (SSSR count). The quantitative estimate of drug-likeness (QED) is 0.851. The molecular weight excluding hydrogens is 202 g/mol. The van der Waals surface area contributed by atoms with E-state index in [1.165, 1.54) is 12.8 Å². The number of rotatable bonds is 3. The highest BCUT2D eigenvalue weighted by Crippen LogP contribution is 2.27. The van der Waals surface area contributed by atoms with Crippen molar-refractivity contribution >= 4 is 6.01 Å². The van der Waals surface area contributed by atoms with Crippen LogP contribution in [0.3, 0.4) is 0 Å². The molecule has 0 amide bonds. The Morgan fingerprint density at radius 3 is 2.69 bits per heavy atom. The van der Waals surface area contributed by atoms with Crippen molar-refractivity contribution in [2.75, 3.05) is 18.0 Å². The van der Waals surface area contributed by atoms with Gasteiger partial charge in [-0.05, 0) is 24.7 Å². The summed E-state index contributed by atoms with van der Waals surface area (Å²) in [6.07, 6.45) is 4.12. The number of hydrogen-bond acceptors (Lipinski definition) is 4. The van der Waals surface area contributed by atoms with Gasteiger partial charge < -0.3 is 15.1 Å².